The molecule has 3 aromatic rings. The lowest BCUT2D eigenvalue weighted by molar-refractivity contribution is -0.129. The lowest BCUT2D eigenvalue weighted by Crippen LogP contribution is -2.51. The van der Waals surface area contributed by atoms with Crippen LogP contribution >= 0.6 is 23.5 Å². The number of rotatable bonds is 4. The molecule has 6 aliphatic rings. The minimum atomic E-state index is -0.594. The van der Waals surface area contributed by atoms with E-state index >= 15 is 0 Å². The van der Waals surface area contributed by atoms with Crippen molar-refractivity contribution in [3.05, 3.63) is 82.4 Å². The Labute approximate surface area is 313 Å². The van der Waals surface area contributed by atoms with Gasteiger partial charge in [0.2, 0.25) is 0 Å². The van der Waals surface area contributed by atoms with Gasteiger partial charge >= 0.3 is 0 Å². The predicted molar refractivity (Wildman–Crippen MR) is 209 cm³/mol. The topological polar surface area (TPSA) is 77.8 Å². The van der Waals surface area contributed by atoms with E-state index in [1.165, 1.54) is 40.7 Å². The first-order valence-electron chi connectivity index (χ1n) is 19.6. The quantitative estimate of drug-likeness (QED) is 0.233. The number of aliphatic hydroxyl groups is 1. The van der Waals surface area contributed by atoms with Crippen LogP contribution in [-0.2, 0) is 24.1 Å². The number of phenols is 2. The molecule has 4 fully saturated rings. The van der Waals surface area contributed by atoms with E-state index in [0.717, 1.165) is 80.4 Å². The van der Waals surface area contributed by atoms with Gasteiger partial charge in [-0.3, -0.25) is 4.79 Å². The molecular weight excluding hydrogens is 669 g/mol. The Hall–Kier alpha value is -2.41. The molecule has 4 saturated carbocycles. The first kappa shape index (κ1) is 35.6. The van der Waals surface area contributed by atoms with E-state index in [1.807, 2.05) is 24.6 Å². The predicted octanol–water partition coefficient (Wildman–Crippen LogP) is 10.5. The minimum Gasteiger partial charge on any atom is -0.507 e. The molecule has 0 bridgehead atoms. The Bertz CT molecular complexity index is 1810. The highest BCUT2D eigenvalue weighted by Crippen LogP contribution is 2.65. The van der Waals surface area contributed by atoms with Gasteiger partial charge in [-0.1, -0.05) is 44.2 Å². The fraction of sp³-hybridized carbons (Fsp3) is 0.578. The summed E-state index contributed by atoms with van der Waals surface area (Å²) >= 11 is 3.26. The van der Waals surface area contributed by atoms with Crippen LogP contribution in [0.15, 0.2) is 64.4 Å². The Morgan fingerprint density at radius 3 is 1.84 bits per heavy atom. The van der Waals surface area contributed by atoms with Crippen molar-refractivity contribution in [2.24, 2.45) is 34.5 Å². The molecule has 9 atom stereocenters. The Kier molecular flexibility index (Phi) is 9.40. The summed E-state index contributed by atoms with van der Waals surface area (Å²) in [6.07, 6.45) is 17.7. The van der Waals surface area contributed by atoms with E-state index in [-0.39, 0.29) is 10.8 Å². The number of aromatic hydroxyl groups is 2. The number of aryl methyl sites for hydroxylation is 2. The van der Waals surface area contributed by atoms with Crippen molar-refractivity contribution in [2.45, 2.75) is 125 Å². The van der Waals surface area contributed by atoms with Crippen LogP contribution in [0.3, 0.4) is 0 Å². The molecule has 0 heterocycles. The second kappa shape index (κ2) is 13.5. The number of phenolic OH excluding ortho intramolecular Hbond substituents is 2. The van der Waals surface area contributed by atoms with Crippen LogP contribution in [0.25, 0.3) is 0 Å². The highest BCUT2D eigenvalue weighted by molar-refractivity contribution is 7.99. The van der Waals surface area contributed by atoms with Crippen LogP contribution in [0.2, 0.25) is 0 Å². The summed E-state index contributed by atoms with van der Waals surface area (Å²) in [5.41, 5.74) is 6.24. The highest BCUT2D eigenvalue weighted by atomic mass is 32.2. The van der Waals surface area contributed by atoms with E-state index < -0.39 is 5.60 Å². The standard InChI is InChI=1S/C26H32O2S.C19H24O2S/c1-25-12-10-19-20(9-8-18-14-23(27)24(29-2)15-21(18)19)22(25)11-13-26(25,28)16-17-6-4-3-5-7-17;1-19-8-7-12-13(15(19)5-6-18(19)21)4-3-11-9-16(20)17(22-2)10-14(11)12/h3-7,14-15,19-20,22,27-28H,8-13,16H2,1-2H3;9-10,12-13,15,20H,3-8H2,1-2H3/t19?,20?,22?,25-,26+;12?,13?,15?,19-/m00/s1. The van der Waals surface area contributed by atoms with Gasteiger partial charge in [-0.25, -0.2) is 0 Å². The van der Waals surface area contributed by atoms with Gasteiger partial charge < -0.3 is 15.3 Å². The van der Waals surface area contributed by atoms with E-state index in [1.54, 1.807) is 23.5 Å². The second-order valence-corrected chi connectivity index (χ2v) is 19.1. The van der Waals surface area contributed by atoms with Crippen molar-refractivity contribution in [3.63, 3.8) is 0 Å². The molecule has 0 radical (unpaired) electrons. The lowest BCUT2D eigenvalue weighted by Gasteiger charge is -2.53. The molecule has 3 N–H and O–H groups in total. The molecule has 6 unspecified atom stereocenters. The Balaban J connectivity index is 0.000000152. The van der Waals surface area contributed by atoms with Gasteiger partial charge in [-0.05, 0) is 176 Å². The van der Waals surface area contributed by atoms with Crippen LogP contribution in [0, 0.1) is 34.5 Å². The summed E-state index contributed by atoms with van der Waals surface area (Å²) in [4.78, 5) is 14.4. The summed E-state index contributed by atoms with van der Waals surface area (Å²) in [6.45, 7) is 4.60. The molecule has 0 saturated heterocycles. The molecule has 0 aliphatic heterocycles. The number of ketones is 1. The number of hydrogen-bond acceptors (Lipinski definition) is 6. The van der Waals surface area contributed by atoms with Gasteiger partial charge in [0, 0.05) is 28.0 Å². The van der Waals surface area contributed by atoms with Crippen molar-refractivity contribution in [3.8, 4) is 11.5 Å². The first-order valence-corrected chi connectivity index (χ1v) is 22.0. The number of hydrogen-bond donors (Lipinski definition) is 3. The van der Waals surface area contributed by atoms with Gasteiger partial charge in [-0.15, -0.1) is 23.5 Å². The molecule has 0 amide bonds. The van der Waals surface area contributed by atoms with Crippen LogP contribution < -0.4 is 0 Å². The van der Waals surface area contributed by atoms with E-state index in [2.05, 4.69) is 56.3 Å². The van der Waals surface area contributed by atoms with Gasteiger partial charge in [0.1, 0.15) is 17.3 Å². The average molecular weight is 725 g/mol. The number of thioether (sulfide) groups is 2. The second-order valence-electron chi connectivity index (χ2n) is 17.4. The van der Waals surface area contributed by atoms with Gasteiger partial charge in [-0.2, -0.15) is 0 Å². The van der Waals surface area contributed by atoms with E-state index in [0.29, 0.717) is 52.8 Å². The lowest BCUT2D eigenvalue weighted by atomic mass is 9.53. The van der Waals surface area contributed by atoms with Gasteiger partial charge in [0.25, 0.3) is 0 Å². The van der Waals surface area contributed by atoms with Crippen molar-refractivity contribution in [1.29, 1.82) is 0 Å². The zero-order valence-electron chi connectivity index (χ0n) is 30.9. The fourth-order valence-electron chi connectivity index (χ4n) is 12.6. The summed E-state index contributed by atoms with van der Waals surface area (Å²) in [7, 11) is 0. The van der Waals surface area contributed by atoms with Crippen molar-refractivity contribution in [2.75, 3.05) is 12.5 Å². The highest BCUT2D eigenvalue weighted by Gasteiger charge is 2.61. The molecule has 4 nitrogen and oxygen atoms in total. The maximum Gasteiger partial charge on any atom is 0.139 e. The van der Waals surface area contributed by atoms with Crippen LogP contribution in [0.5, 0.6) is 11.5 Å². The van der Waals surface area contributed by atoms with Crippen LogP contribution in [0.4, 0.5) is 0 Å². The molecule has 6 aliphatic carbocycles. The monoisotopic (exact) mass is 724 g/mol. The van der Waals surface area contributed by atoms with Crippen molar-refractivity contribution < 1.29 is 20.1 Å². The largest absolute Gasteiger partial charge is 0.507 e. The number of carbonyl (C=O) groups is 1. The van der Waals surface area contributed by atoms with Gasteiger partial charge in [0.15, 0.2) is 0 Å². The molecule has 3 aromatic carbocycles. The Morgan fingerprint density at radius 2 is 1.25 bits per heavy atom. The zero-order chi connectivity index (χ0) is 35.7. The van der Waals surface area contributed by atoms with E-state index in [9.17, 15) is 20.1 Å². The number of Topliss-reactive ketones (excluding diaryl/α,β-unsaturated/α-hetero) is 1. The maximum absolute atomic E-state index is 12.4. The van der Waals surface area contributed by atoms with E-state index in [4.69, 9.17) is 0 Å². The van der Waals surface area contributed by atoms with Gasteiger partial charge in [0.05, 0.1) is 5.60 Å². The number of fused-ring (bicyclic) bond motifs is 10. The summed E-state index contributed by atoms with van der Waals surface area (Å²) in [5, 5.41) is 32.3. The third-order valence-electron chi connectivity index (χ3n) is 15.4. The molecule has 0 aromatic heterocycles. The zero-order valence-corrected chi connectivity index (χ0v) is 32.6. The summed E-state index contributed by atoms with van der Waals surface area (Å²) in [6, 6.07) is 19.0. The Morgan fingerprint density at radius 1 is 0.686 bits per heavy atom. The van der Waals surface area contributed by atoms with Crippen LogP contribution in [-0.4, -0.2) is 39.2 Å². The molecule has 0 spiro atoms. The number of benzene rings is 3. The third-order valence-corrected chi connectivity index (χ3v) is 17.0. The molecule has 9 rings (SSSR count). The normalized spacial score (nSPS) is 36.1. The third kappa shape index (κ3) is 5.80. The number of carbonyl (C=O) groups excluding carboxylic acids is 1. The molecular formula is C45H56O4S2. The molecule has 272 valence electrons. The van der Waals surface area contributed by atoms with Crippen molar-refractivity contribution in [1.82, 2.24) is 0 Å². The minimum absolute atomic E-state index is 0.000761. The maximum atomic E-state index is 12.4. The summed E-state index contributed by atoms with van der Waals surface area (Å²) < 4.78 is 0. The SMILES string of the molecule is CSc1cc2c(cc1O)CCC1C2CC[C@@]2(C)C1CC[C@@]2(O)Cc1ccccc1.CSc1cc2c(cc1O)CCC1C2CC[C@]2(C)C(=O)CCC12. The molecule has 6 heteroatoms. The van der Waals surface area contributed by atoms with Crippen molar-refractivity contribution >= 4 is 29.3 Å². The fourth-order valence-corrected chi connectivity index (χ4v) is 13.6. The molecule has 51 heavy (non-hydrogen) atoms. The van der Waals surface area contributed by atoms with Crippen LogP contribution in [0.1, 0.15) is 118 Å². The summed E-state index contributed by atoms with van der Waals surface area (Å²) in [5.74, 6) is 5.06. The average Bonchev–Trinajstić information content (AvgIpc) is 3.58. The first-order chi connectivity index (χ1) is 24.5. The smallest absolute Gasteiger partial charge is 0.139 e.